The molecule has 1 heterocycles. The van der Waals surface area contributed by atoms with Crippen molar-refractivity contribution in [3.8, 4) is 11.5 Å². The van der Waals surface area contributed by atoms with Crippen LogP contribution >= 0.6 is 0 Å². The van der Waals surface area contributed by atoms with Gasteiger partial charge in [0, 0.05) is 18.8 Å². The lowest BCUT2D eigenvalue weighted by atomic mass is 10.0. The maximum Gasteiger partial charge on any atom is 0.138 e. The van der Waals surface area contributed by atoms with Gasteiger partial charge in [-0.2, -0.15) is 0 Å². The Morgan fingerprint density at radius 1 is 1.12 bits per heavy atom. The highest BCUT2D eigenvalue weighted by Crippen LogP contribution is 2.24. The van der Waals surface area contributed by atoms with E-state index in [1.807, 2.05) is 42.5 Å². The molecule has 0 amide bonds. The van der Waals surface area contributed by atoms with Gasteiger partial charge in [-0.15, -0.1) is 0 Å². The van der Waals surface area contributed by atoms with E-state index in [2.05, 4.69) is 28.3 Å². The Bertz CT molecular complexity index is 875. The van der Waals surface area contributed by atoms with Gasteiger partial charge in [-0.3, -0.25) is 5.41 Å². The van der Waals surface area contributed by atoms with Crippen molar-refractivity contribution >= 4 is 11.5 Å². The number of aromatic nitrogens is 2. The normalized spacial score (nSPS) is 10.3. The molecule has 0 saturated heterocycles. The van der Waals surface area contributed by atoms with Crippen molar-refractivity contribution in [2.45, 2.75) is 13.3 Å². The highest BCUT2D eigenvalue weighted by atomic mass is 16.5. The van der Waals surface area contributed by atoms with Crippen molar-refractivity contribution in [3.05, 3.63) is 77.7 Å². The number of hydrogen-bond donors (Lipinski definition) is 2. The van der Waals surface area contributed by atoms with Gasteiger partial charge in [-0.1, -0.05) is 19.1 Å². The van der Waals surface area contributed by atoms with E-state index in [0.717, 1.165) is 23.5 Å². The summed E-state index contributed by atoms with van der Waals surface area (Å²) >= 11 is 0. The molecule has 0 aliphatic rings. The zero-order valence-corrected chi connectivity index (χ0v) is 14.3. The molecule has 25 heavy (non-hydrogen) atoms. The SMILES string of the molecule is CCc1cccc(Oc2ccc(C(=N)c3cncnc3NC)cc2)c1. The van der Waals surface area contributed by atoms with Crippen LogP contribution in [0, 0.1) is 5.41 Å². The monoisotopic (exact) mass is 332 g/mol. The number of hydrogen-bond acceptors (Lipinski definition) is 5. The Labute approximate surface area is 147 Å². The van der Waals surface area contributed by atoms with Crippen LogP contribution in [-0.2, 0) is 6.42 Å². The lowest BCUT2D eigenvalue weighted by Crippen LogP contribution is -2.07. The standard InChI is InChI=1S/C20H20N4O/c1-3-14-5-4-6-17(11-14)25-16-9-7-15(8-10-16)19(21)18-12-23-13-24-20(18)22-2/h4-13,21H,3H2,1-2H3,(H,22,23,24). The predicted molar refractivity (Wildman–Crippen MR) is 99.8 cm³/mol. The first-order valence-corrected chi connectivity index (χ1v) is 8.15. The number of nitrogens with zero attached hydrogens (tertiary/aromatic N) is 2. The highest BCUT2D eigenvalue weighted by molar-refractivity contribution is 6.13. The predicted octanol–water partition coefficient (Wildman–Crippen LogP) is 4.29. The molecule has 3 rings (SSSR count). The topological polar surface area (TPSA) is 70.9 Å². The van der Waals surface area contributed by atoms with Crippen molar-refractivity contribution in [3.63, 3.8) is 0 Å². The van der Waals surface area contributed by atoms with E-state index in [1.54, 1.807) is 13.2 Å². The van der Waals surface area contributed by atoms with Crippen molar-refractivity contribution in [1.82, 2.24) is 9.97 Å². The van der Waals surface area contributed by atoms with Crippen LogP contribution in [0.3, 0.4) is 0 Å². The highest BCUT2D eigenvalue weighted by Gasteiger charge is 2.11. The molecule has 5 nitrogen and oxygen atoms in total. The number of rotatable bonds is 6. The minimum atomic E-state index is 0.365. The molecule has 2 aromatic carbocycles. The van der Waals surface area contributed by atoms with Crippen LogP contribution in [0.5, 0.6) is 11.5 Å². The second-order valence-electron chi connectivity index (χ2n) is 5.54. The maximum absolute atomic E-state index is 8.40. The lowest BCUT2D eigenvalue weighted by Gasteiger charge is -2.10. The molecule has 126 valence electrons. The van der Waals surface area contributed by atoms with Crippen molar-refractivity contribution < 1.29 is 4.74 Å². The Hall–Kier alpha value is -3.21. The molecule has 0 radical (unpaired) electrons. The van der Waals surface area contributed by atoms with E-state index in [1.165, 1.54) is 11.9 Å². The van der Waals surface area contributed by atoms with Crippen molar-refractivity contribution in [1.29, 1.82) is 5.41 Å². The summed E-state index contributed by atoms with van der Waals surface area (Å²) in [6.07, 6.45) is 4.08. The smallest absolute Gasteiger partial charge is 0.138 e. The summed E-state index contributed by atoms with van der Waals surface area (Å²) in [5, 5.41) is 11.4. The van der Waals surface area contributed by atoms with Gasteiger partial charge >= 0.3 is 0 Å². The van der Waals surface area contributed by atoms with Crippen LogP contribution in [0.1, 0.15) is 23.6 Å². The molecular weight excluding hydrogens is 312 g/mol. The molecule has 0 spiro atoms. The first-order valence-electron chi connectivity index (χ1n) is 8.15. The third kappa shape index (κ3) is 3.83. The number of ether oxygens (including phenoxy) is 1. The van der Waals surface area contributed by atoms with E-state index in [-0.39, 0.29) is 0 Å². The molecule has 0 unspecified atom stereocenters. The van der Waals surface area contributed by atoms with Gasteiger partial charge in [0.1, 0.15) is 23.6 Å². The van der Waals surface area contributed by atoms with Crippen LogP contribution in [0.2, 0.25) is 0 Å². The Kier molecular flexibility index (Phi) is 5.04. The number of nitrogens with one attached hydrogen (secondary N) is 2. The van der Waals surface area contributed by atoms with E-state index >= 15 is 0 Å². The molecular formula is C20H20N4O. The van der Waals surface area contributed by atoms with E-state index in [4.69, 9.17) is 10.1 Å². The van der Waals surface area contributed by atoms with Crippen molar-refractivity contribution in [2.75, 3.05) is 12.4 Å². The summed E-state index contributed by atoms with van der Waals surface area (Å²) in [5.41, 5.74) is 3.04. The first kappa shape index (κ1) is 16.6. The van der Waals surface area contributed by atoms with Gasteiger partial charge in [0.25, 0.3) is 0 Å². The Balaban J connectivity index is 1.79. The molecule has 3 aromatic rings. The van der Waals surface area contributed by atoms with Crippen LogP contribution in [0.25, 0.3) is 0 Å². The Morgan fingerprint density at radius 3 is 2.64 bits per heavy atom. The maximum atomic E-state index is 8.40. The molecule has 0 saturated carbocycles. The largest absolute Gasteiger partial charge is 0.457 e. The second kappa shape index (κ2) is 7.57. The van der Waals surface area contributed by atoms with Crippen molar-refractivity contribution in [2.24, 2.45) is 0 Å². The third-order valence-electron chi connectivity index (χ3n) is 3.90. The Morgan fingerprint density at radius 2 is 1.92 bits per heavy atom. The van der Waals surface area contributed by atoms with Crippen LogP contribution in [0.4, 0.5) is 5.82 Å². The summed E-state index contributed by atoms with van der Waals surface area (Å²) in [4.78, 5) is 8.16. The lowest BCUT2D eigenvalue weighted by molar-refractivity contribution is 0.482. The zero-order valence-electron chi connectivity index (χ0n) is 14.3. The van der Waals surface area contributed by atoms with E-state index in [0.29, 0.717) is 17.1 Å². The quantitative estimate of drug-likeness (QED) is 0.661. The summed E-state index contributed by atoms with van der Waals surface area (Å²) in [5.74, 6) is 2.19. The average Bonchev–Trinajstić information content (AvgIpc) is 2.68. The summed E-state index contributed by atoms with van der Waals surface area (Å²) in [6.45, 7) is 2.12. The van der Waals surface area contributed by atoms with Gasteiger partial charge in [0.15, 0.2) is 0 Å². The number of aryl methyl sites for hydroxylation is 1. The van der Waals surface area contributed by atoms with Gasteiger partial charge < -0.3 is 10.1 Å². The number of benzene rings is 2. The average molecular weight is 332 g/mol. The van der Waals surface area contributed by atoms with Crippen LogP contribution in [-0.4, -0.2) is 22.7 Å². The summed E-state index contributed by atoms with van der Waals surface area (Å²) < 4.78 is 5.90. The van der Waals surface area contributed by atoms with Gasteiger partial charge in [0.05, 0.1) is 11.3 Å². The van der Waals surface area contributed by atoms with Gasteiger partial charge in [-0.25, -0.2) is 9.97 Å². The fourth-order valence-corrected chi connectivity index (χ4v) is 2.52. The minimum absolute atomic E-state index is 0.365. The van der Waals surface area contributed by atoms with E-state index < -0.39 is 0 Å². The van der Waals surface area contributed by atoms with Gasteiger partial charge in [0.2, 0.25) is 0 Å². The van der Waals surface area contributed by atoms with Gasteiger partial charge in [-0.05, 0) is 48.4 Å². The summed E-state index contributed by atoms with van der Waals surface area (Å²) in [6, 6.07) is 15.5. The number of anilines is 1. The second-order valence-corrected chi connectivity index (χ2v) is 5.54. The zero-order chi connectivity index (χ0) is 17.6. The molecule has 5 heteroatoms. The molecule has 0 aliphatic heterocycles. The fourth-order valence-electron chi connectivity index (χ4n) is 2.52. The van der Waals surface area contributed by atoms with E-state index in [9.17, 15) is 0 Å². The minimum Gasteiger partial charge on any atom is -0.457 e. The molecule has 0 fully saturated rings. The molecule has 2 N–H and O–H groups in total. The fraction of sp³-hybridized carbons (Fsp3) is 0.150. The molecule has 0 aliphatic carbocycles. The first-order chi connectivity index (χ1) is 12.2. The third-order valence-corrected chi connectivity index (χ3v) is 3.90. The molecule has 0 atom stereocenters. The van der Waals surface area contributed by atoms with Crippen LogP contribution < -0.4 is 10.1 Å². The summed E-state index contributed by atoms with van der Waals surface area (Å²) in [7, 11) is 1.78. The molecule has 1 aromatic heterocycles. The molecule has 0 bridgehead atoms. The van der Waals surface area contributed by atoms with Crippen LogP contribution in [0.15, 0.2) is 61.1 Å².